The van der Waals surface area contributed by atoms with E-state index >= 15 is 0 Å². The minimum Gasteiger partial charge on any atom is -0.392 e. The molecule has 18 heavy (non-hydrogen) atoms. The fraction of sp³-hybridized carbons (Fsp3) is 0.417. The number of carbonyl (C=O) groups excluding carboxylic acids is 1. The normalized spacial score (nSPS) is 13.6. The Bertz CT molecular complexity index is 520. The molecule has 0 amide bonds. The third-order valence-corrected chi connectivity index (χ3v) is 4.33. The summed E-state index contributed by atoms with van der Waals surface area (Å²) in [5.74, 6) is -0.115. The van der Waals surface area contributed by atoms with E-state index in [1.165, 1.54) is 45.2 Å². The molecule has 1 aromatic carbocycles. The van der Waals surface area contributed by atoms with Crippen molar-refractivity contribution in [2.75, 3.05) is 13.6 Å². The predicted octanol–water partition coefficient (Wildman–Crippen LogP) is 0.891. The Morgan fingerprint density at radius 2 is 1.83 bits per heavy atom. The Morgan fingerprint density at radius 3 is 2.22 bits per heavy atom. The first kappa shape index (κ1) is 14.8. The monoisotopic (exact) mass is 271 g/mol. The van der Waals surface area contributed by atoms with Crippen LogP contribution in [0.25, 0.3) is 0 Å². The number of likely N-dealkylation sites (N-methyl/N-ethyl adjacent to an activating group) is 1. The van der Waals surface area contributed by atoms with Gasteiger partial charge in [0.15, 0.2) is 5.78 Å². The molecule has 6 heteroatoms. The molecule has 0 aliphatic heterocycles. The molecule has 0 aromatic heterocycles. The summed E-state index contributed by atoms with van der Waals surface area (Å²) in [5.41, 5.74) is 0.465. The van der Waals surface area contributed by atoms with E-state index in [1.54, 1.807) is 0 Å². The third-order valence-electron chi connectivity index (χ3n) is 2.49. The van der Waals surface area contributed by atoms with Crippen LogP contribution in [0.15, 0.2) is 29.2 Å². The van der Waals surface area contributed by atoms with Gasteiger partial charge in [-0.3, -0.25) is 4.79 Å². The molecule has 0 saturated carbocycles. The number of aliphatic hydroxyl groups is 1. The minimum absolute atomic E-state index is 0.0246. The lowest BCUT2D eigenvalue weighted by Crippen LogP contribution is -2.33. The number of Topliss-reactive ketones (excluding diaryl/α,β-unsaturated/α-hetero) is 1. The number of benzene rings is 1. The van der Waals surface area contributed by atoms with Crippen LogP contribution in [0, 0.1) is 0 Å². The van der Waals surface area contributed by atoms with Gasteiger partial charge >= 0.3 is 0 Å². The number of nitrogens with zero attached hydrogens (tertiary/aromatic N) is 1. The summed E-state index contributed by atoms with van der Waals surface area (Å²) in [6.45, 7) is 2.96. The Kier molecular flexibility index (Phi) is 4.61. The highest BCUT2D eigenvalue weighted by atomic mass is 32.2. The number of hydrogen-bond acceptors (Lipinski definition) is 4. The van der Waals surface area contributed by atoms with Gasteiger partial charge in [0.25, 0.3) is 0 Å². The predicted molar refractivity (Wildman–Crippen MR) is 67.9 cm³/mol. The van der Waals surface area contributed by atoms with E-state index in [2.05, 4.69) is 0 Å². The van der Waals surface area contributed by atoms with Gasteiger partial charge in [-0.2, -0.15) is 4.31 Å². The van der Waals surface area contributed by atoms with Crippen molar-refractivity contribution < 1.29 is 18.3 Å². The van der Waals surface area contributed by atoms with Crippen LogP contribution in [0.4, 0.5) is 0 Å². The maximum atomic E-state index is 12.1. The Hall–Kier alpha value is -1.24. The summed E-state index contributed by atoms with van der Waals surface area (Å²) in [6.07, 6.45) is -0.735. The number of rotatable bonds is 5. The molecule has 1 N–H and O–H groups in total. The molecule has 0 fully saturated rings. The molecule has 5 nitrogen and oxygen atoms in total. The van der Waals surface area contributed by atoms with E-state index in [0.717, 1.165) is 4.31 Å². The smallest absolute Gasteiger partial charge is 0.242 e. The van der Waals surface area contributed by atoms with Crippen molar-refractivity contribution >= 4 is 15.8 Å². The summed E-state index contributed by atoms with van der Waals surface area (Å²) in [4.78, 5) is 11.2. The number of ketones is 1. The van der Waals surface area contributed by atoms with Gasteiger partial charge in [0.05, 0.1) is 11.0 Å². The summed E-state index contributed by atoms with van der Waals surface area (Å²) in [6, 6.07) is 5.74. The molecule has 0 spiro atoms. The van der Waals surface area contributed by atoms with Gasteiger partial charge in [-0.05, 0) is 26.0 Å². The number of sulfonamides is 1. The molecule has 0 bridgehead atoms. The van der Waals surface area contributed by atoms with Crippen LogP contribution in [-0.2, 0) is 10.0 Å². The maximum Gasteiger partial charge on any atom is 0.242 e. The average molecular weight is 271 g/mol. The molecule has 1 unspecified atom stereocenters. The zero-order valence-corrected chi connectivity index (χ0v) is 11.4. The average Bonchev–Trinajstić information content (AvgIpc) is 2.28. The van der Waals surface area contributed by atoms with E-state index in [4.69, 9.17) is 0 Å². The summed E-state index contributed by atoms with van der Waals surface area (Å²) < 4.78 is 25.2. The first-order valence-electron chi connectivity index (χ1n) is 5.50. The van der Waals surface area contributed by atoms with E-state index < -0.39 is 16.1 Å². The van der Waals surface area contributed by atoms with E-state index in [1.807, 2.05) is 0 Å². The first-order valence-corrected chi connectivity index (χ1v) is 6.94. The molecule has 0 heterocycles. The molecule has 0 saturated heterocycles. The van der Waals surface area contributed by atoms with Gasteiger partial charge in [0.1, 0.15) is 0 Å². The van der Waals surface area contributed by atoms with Crippen LogP contribution in [0.1, 0.15) is 24.2 Å². The summed E-state index contributed by atoms with van der Waals surface area (Å²) in [7, 11) is -2.21. The highest BCUT2D eigenvalue weighted by molar-refractivity contribution is 7.89. The minimum atomic E-state index is -3.61. The first-order chi connectivity index (χ1) is 8.25. The van der Waals surface area contributed by atoms with Crippen LogP contribution in [0.5, 0.6) is 0 Å². The van der Waals surface area contributed by atoms with Crippen molar-refractivity contribution in [3.63, 3.8) is 0 Å². The Morgan fingerprint density at radius 1 is 1.33 bits per heavy atom. The van der Waals surface area contributed by atoms with Crippen molar-refractivity contribution in [3.8, 4) is 0 Å². The summed E-state index contributed by atoms with van der Waals surface area (Å²) >= 11 is 0. The van der Waals surface area contributed by atoms with Gasteiger partial charge < -0.3 is 5.11 Å². The topological polar surface area (TPSA) is 74.7 Å². The lowest BCUT2D eigenvalue weighted by atomic mass is 10.2. The zero-order valence-electron chi connectivity index (χ0n) is 10.6. The Labute approximate surface area is 107 Å². The second-order valence-corrected chi connectivity index (χ2v) is 6.26. The molecular weight excluding hydrogens is 254 g/mol. The fourth-order valence-electron chi connectivity index (χ4n) is 1.51. The molecule has 1 aromatic rings. The van der Waals surface area contributed by atoms with Crippen LogP contribution in [0.2, 0.25) is 0 Å². The van der Waals surface area contributed by atoms with Crippen molar-refractivity contribution in [3.05, 3.63) is 29.8 Å². The molecule has 0 aliphatic rings. The van der Waals surface area contributed by atoms with Crippen molar-refractivity contribution in [2.45, 2.75) is 24.8 Å². The van der Waals surface area contributed by atoms with E-state index in [-0.39, 0.29) is 17.2 Å². The van der Waals surface area contributed by atoms with Gasteiger partial charge in [0, 0.05) is 19.2 Å². The lowest BCUT2D eigenvalue weighted by molar-refractivity contribution is 0.101. The van der Waals surface area contributed by atoms with Gasteiger partial charge in [-0.15, -0.1) is 0 Å². The molecule has 100 valence electrons. The van der Waals surface area contributed by atoms with Crippen LogP contribution in [-0.4, -0.2) is 43.3 Å². The highest BCUT2D eigenvalue weighted by Gasteiger charge is 2.21. The second kappa shape index (κ2) is 5.60. The van der Waals surface area contributed by atoms with Crippen LogP contribution < -0.4 is 0 Å². The van der Waals surface area contributed by atoms with Crippen molar-refractivity contribution in [1.82, 2.24) is 4.31 Å². The lowest BCUT2D eigenvalue weighted by Gasteiger charge is -2.18. The maximum absolute atomic E-state index is 12.1. The zero-order chi connectivity index (χ0) is 13.9. The number of aliphatic hydroxyl groups excluding tert-OH is 1. The second-order valence-electron chi connectivity index (χ2n) is 4.22. The molecule has 0 aliphatic carbocycles. The van der Waals surface area contributed by atoms with E-state index in [0.29, 0.717) is 5.56 Å². The third kappa shape index (κ3) is 3.38. The molecule has 0 radical (unpaired) electrons. The standard InChI is InChI=1S/C12H17NO4S/c1-9(14)8-13(3)18(16,17)12-6-4-11(5-7-12)10(2)15/h4-7,9,14H,8H2,1-3H3. The van der Waals surface area contributed by atoms with E-state index in [9.17, 15) is 18.3 Å². The number of hydrogen-bond donors (Lipinski definition) is 1. The molecular formula is C12H17NO4S. The largest absolute Gasteiger partial charge is 0.392 e. The molecule has 1 rings (SSSR count). The van der Waals surface area contributed by atoms with Gasteiger partial charge in [-0.25, -0.2) is 8.42 Å². The molecule has 1 atom stereocenters. The van der Waals surface area contributed by atoms with Gasteiger partial charge in [-0.1, -0.05) is 12.1 Å². The SMILES string of the molecule is CC(=O)c1ccc(S(=O)(=O)N(C)CC(C)O)cc1. The quantitative estimate of drug-likeness (QED) is 0.807. The Balaban J connectivity index is 3.02. The van der Waals surface area contributed by atoms with Gasteiger partial charge in [0.2, 0.25) is 10.0 Å². The van der Waals surface area contributed by atoms with Crippen LogP contribution in [0.3, 0.4) is 0 Å². The van der Waals surface area contributed by atoms with Crippen LogP contribution >= 0.6 is 0 Å². The highest BCUT2D eigenvalue weighted by Crippen LogP contribution is 2.15. The number of carbonyl (C=O) groups is 1. The summed E-state index contributed by atoms with van der Waals surface area (Å²) in [5, 5.41) is 9.20. The van der Waals surface area contributed by atoms with Crippen molar-refractivity contribution in [2.24, 2.45) is 0 Å². The van der Waals surface area contributed by atoms with Crippen molar-refractivity contribution in [1.29, 1.82) is 0 Å². The fourth-order valence-corrected chi connectivity index (χ4v) is 2.76.